The van der Waals surface area contributed by atoms with Crippen molar-refractivity contribution in [1.29, 1.82) is 0 Å². The standard InChI is InChI=1S/C18H21NO6S/c1-23-14-4-3-10(6-15(14)24-2)11-5-12(8-19-7-11)25-18-17(22)16(21)13(20)9-26-18/h3-8,13,16-18,20-22H,9H2,1-2H3/t13-,16+,17-,18?/m1/s1. The number of benzene rings is 1. The van der Waals surface area contributed by atoms with E-state index in [0.29, 0.717) is 17.2 Å². The minimum atomic E-state index is -1.23. The van der Waals surface area contributed by atoms with Crippen molar-refractivity contribution in [3.63, 3.8) is 0 Å². The zero-order chi connectivity index (χ0) is 18.7. The largest absolute Gasteiger partial charge is 0.493 e. The van der Waals surface area contributed by atoms with Crippen LogP contribution in [0, 0.1) is 0 Å². The molecule has 1 fully saturated rings. The van der Waals surface area contributed by atoms with Crippen molar-refractivity contribution in [2.45, 2.75) is 23.7 Å². The zero-order valence-corrected chi connectivity index (χ0v) is 15.2. The van der Waals surface area contributed by atoms with Crippen molar-refractivity contribution >= 4 is 11.8 Å². The molecule has 1 aliphatic rings. The maximum atomic E-state index is 10.1. The molecule has 0 saturated carbocycles. The fraction of sp³-hybridized carbons (Fsp3) is 0.389. The molecule has 0 amide bonds. The average Bonchev–Trinajstić information content (AvgIpc) is 2.68. The van der Waals surface area contributed by atoms with E-state index in [0.717, 1.165) is 11.1 Å². The first-order valence-corrected chi connectivity index (χ1v) is 9.08. The summed E-state index contributed by atoms with van der Waals surface area (Å²) in [4.78, 5) is 4.18. The van der Waals surface area contributed by atoms with E-state index >= 15 is 0 Å². The number of aromatic nitrogens is 1. The number of methoxy groups -OCH3 is 2. The third-order valence-electron chi connectivity index (χ3n) is 4.14. The Labute approximate surface area is 155 Å². The van der Waals surface area contributed by atoms with Gasteiger partial charge in [-0.1, -0.05) is 6.07 Å². The van der Waals surface area contributed by atoms with Gasteiger partial charge in [-0.25, -0.2) is 0 Å². The van der Waals surface area contributed by atoms with E-state index in [-0.39, 0.29) is 5.75 Å². The molecule has 2 heterocycles. The van der Waals surface area contributed by atoms with Crippen LogP contribution in [0.3, 0.4) is 0 Å². The molecule has 3 rings (SSSR count). The second-order valence-corrected chi connectivity index (χ2v) is 6.98. The van der Waals surface area contributed by atoms with Gasteiger partial charge in [0.2, 0.25) is 0 Å². The van der Waals surface area contributed by atoms with Crippen LogP contribution in [0.15, 0.2) is 36.7 Å². The summed E-state index contributed by atoms with van der Waals surface area (Å²) in [5.41, 5.74) is 0.989. The van der Waals surface area contributed by atoms with E-state index in [1.54, 1.807) is 32.5 Å². The Morgan fingerprint density at radius 1 is 0.962 bits per heavy atom. The van der Waals surface area contributed by atoms with Crippen LogP contribution in [0.25, 0.3) is 11.1 Å². The Kier molecular flexibility index (Phi) is 5.87. The maximum absolute atomic E-state index is 10.1. The molecule has 1 aliphatic heterocycles. The number of rotatable bonds is 5. The highest BCUT2D eigenvalue weighted by Crippen LogP contribution is 2.34. The second-order valence-electron chi connectivity index (χ2n) is 5.85. The number of nitrogens with zero attached hydrogens (tertiary/aromatic N) is 1. The number of thioether (sulfide) groups is 1. The van der Waals surface area contributed by atoms with Crippen LogP contribution < -0.4 is 14.2 Å². The molecule has 1 aromatic heterocycles. The van der Waals surface area contributed by atoms with Crippen molar-refractivity contribution in [3.05, 3.63) is 36.7 Å². The van der Waals surface area contributed by atoms with Gasteiger partial charge in [-0.05, 0) is 23.8 Å². The highest BCUT2D eigenvalue weighted by atomic mass is 32.2. The van der Waals surface area contributed by atoms with Crippen molar-refractivity contribution < 1.29 is 29.5 Å². The molecule has 2 aromatic rings. The molecule has 26 heavy (non-hydrogen) atoms. The number of hydrogen-bond acceptors (Lipinski definition) is 8. The molecule has 0 spiro atoms. The molecule has 0 aliphatic carbocycles. The first kappa shape index (κ1) is 18.8. The first-order valence-electron chi connectivity index (χ1n) is 8.03. The van der Waals surface area contributed by atoms with Gasteiger partial charge in [0, 0.05) is 17.5 Å². The fourth-order valence-electron chi connectivity index (χ4n) is 2.67. The first-order chi connectivity index (χ1) is 12.5. The Hall–Kier alpha value is -2.00. The highest BCUT2D eigenvalue weighted by Gasteiger charge is 2.38. The van der Waals surface area contributed by atoms with E-state index in [2.05, 4.69) is 4.98 Å². The molecule has 140 valence electrons. The molecule has 3 N–H and O–H groups in total. The molecule has 7 nitrogen and oxygen atoms in total. The van der Waals surface area contributed by atoms with Crippen LogP contribution >= 0.6 is 11.8 Å². The van der Waals surface area contributed by atoms with Gasteiger partial charge in [0.15, 0.2) is 16.9 Å². The number of pyridine rings is 1. The van der Waals surface area contributed by atoms with Gasteiger partial charge in [-0.3, -0.25) is 4.98 Å². The van der Waals surface area contributed by atoms with Gasteiger partial charge in [0.1, 0.15) is 18.0 Å². The normalized spacial score (nSPS) is 25.6. The van der Waals surface area contributed by atoms with Crippen LogP contribution in [0.2, 0.25) is 0 Å². The molecule has 1 aromatic carbocycles. The lowest BCUT2D eigenvalue weighted by molar-refractivity contribution is -0.0786. The third-order valence-corrected chi connectivity index (χ3v) is 5.37. The summed E-state index contributed by atoms with van der Waals surface area (Å²) in [6, 6.07) is 7.32. The minimum absolute atomic E-state index is 0.283. The number of hydrogen-bond donors (Lipinski definition) is 3. The predicted octanol–water partition coefficient (Wildman–Crippen LogP) is 1.30. The molecule has 0 bridgehead atoms. The van der Waals surface area contributed by atoms with Crippen LogP contribution in [-0.2, 0) is 0 Å². The third kappa shape index (κ3) is 3.88. The molecule has 8 heteroatoms. The van der Waals surface area contributed by atoms with Gasteiger partial charge >= 0.3 is 0 Å². The lowest BCUT2D eigenvalue weighted by Gasteiger charge is -2.34. The van der Waals surface area contributed by atoms with E-state index in [4.69, 9.17) is 14.2 Å². The maximum Gasteiger partial charge on any atom is 0.173 e. The Morgan fingerprint density at radius 3 is 2.46 bits per heavy atom. The predicted molar refractivity (Wildman–Crippen MR) is 97.7 cm³/mol. The van der Waals surface area contributed by atoms with Crippen molar-refractivity contribution in [3.8, 4) is 28.4 Å². The van der Waals surface area contributed by atoms with E-state index in [1.165, 1.54) is 18.0 Å². The summed E-state index contributed by atoms with van der Waals surface area (Å²) in [6.07, 6.45) is -0.158. The second kappa shape index (κ2) is 8.13. The van der Waals surface area contributed by atoms with Crippen molar-refractivity contribution in [2.75, 3.05) is 20.0 Å². The molecular formula is C18H21NO6S. The van der Waals surface area contributed by atoms with Gasteiger partial charge < -0.3 is 29.5 Å². The summed E-state index contributed by atoms with van der Waals surface area (Å²) in [5.74, 6) is 1.97. The van der Waals surface area contributed by atoms with Crippen LogP contribution in [0.4, 0.5) is 0 Å². The van der Waals surface area contributed by atoms with E-state index in [1.807, 2.05) is 12.1 Å². The van der Waals surface area contributed by atoms with Gasteiger partial charge in [0.05, 0.1) is 26.5 Å². The summed E-state index contributed by atoms with van der Waals surface area (Å²) in [6.45, 7) is 0. The van der Waals surface area contributed by atoms with Gasteiger partial charge in [-0.15, -0.1) is 11.8 Å². The number of aliphatic hydroxyl groups is 3. The zero-order valence-electron chi connectivity index (χ0n) is 14.4. The SMILES string of the molecule is COc1ccc(-c2cncc(OC3SC[C@@H](O)[C@H](O)[C@H]3O)c2)cc1OC. The molecule has 1 saturated heterocycles. The lowest BCUT2D eigenvalue weighted by atomic mass is 10.1. The summed E-state index contributed by atoms with van der Waals surface area (Å²) >= 11 is 1.24. The lowest BCUT2D eigenvalue weighted by Crippen LogP contribution is -2.50. The minimum Gasteiger partial charge on any atom is -0.493 e. The van der Waals surface area contributed by atoms with Gasteiger partial charge in [0.25, 0.3) is 0 Å². The summed E-state index contributed by atoms with van der Waals surface area (Å²) < 4.78 is 16.3. The van der Waals surface area contributed by atoms with E-state index < -0.39 is 23.7 Å². The monoisotopic (exact) mass is 379 g/mol. The van der Waals surface area contributed by atoms with E-state index in [9.17, 15) is 15.3 Å². The number of aliphatic hydroxyl groups excluding tert-OH is 3. The highest BCUT2D eigenvalue weighted by molar-refractivity contribution is 7.99. The summed E-state index contributed by atoms with van der Waals surface area (Å²) in [5, 5.41) is 29.5. The quantitative estimate of drug-likeness (QED) is 0.715. The molecule has 0 radical (unpaired) electrons. The van der Waals surface area contributed by atoms with Crippen LogP contribution in [-0.4, -0.2) is 64.0 Å². The Bertz CT molecular complexity index is 758. The van der Waals surface area contributed by atoms with Gasteiger partial charge in [-0.2, -0.15) is 0 Å². The Balaban J connectivity index is 1.80. The van der Waals surface area contributed by atoms with Crippen LogP contribution in [0.5, 0.6) is 17.2 Å². The average molecular weight is 379 g/mol. The molecule has 4 atom stereocenters. The van der Waals surface area contributed by atoms with Crippen molar-refractivity contribution in [1.82, 2.24) is 4.98 Å². The Morgan fingerprint density at radius 2 is 1.73 bits per heavy atom. The fourth-order valence-corrected chi connectivity index (χ4v) is 3.80. The topological polar surface area (TPSA) is 101 Å². The summed E-state index contributed by atoms with van der Waals surface area (Å²) in [7, 11) is 3.15. The van der Waals surface area contributed by atoms with Crippen LogP contribution in [0.1, 0.15) is 0 Å². The molecular weight excluding hydrogens is 358 g/mol. The number of ether oxygens (including phenoxy) is 3. The molecule has 1 unspecified atom stereocenters. The smallest absolute Gasteiger partial charge is 0.173 e. The van der Waals surface area contributed by atoms with Crippen molar-refractivity contribution in [2.24, 2.45) is 0 Å².